The summed E-state index contributed by atoms with van der Waals surface area (Å²) >= 11 is 3.17. The Labute approximate surface area is 94.2 Å². The van der Waals surface area contributed by atoms with Gasteiger partial charge < -0.3 is 0 Å². The first-order valence-corrected chi connectivity index (χ1v) is 6.41. The zero-order valence-electron chi connectivity index (χ0n) is 7.59. The number of rotatable bonds is 2. The Kier molecular flexibility index (Phi) is 4.01. The zero-order valence-corrected chi connectivity index (χ0v) is 9.99. The summed E-state index contributed by atoms with van der Waals surface area (Å²) in [5, 5.41) is 0. The molecule has 1 saturated heterocycles. The van der Waals surface area contributed by atoms with E-state index in [1.165, 1.54) is 0 Å². The quantitative estimate of drug-likeness (QED) is 0.780. The first-order valence-electron chi connectivity index (χ1n) is 4.22. The van der Waals surface area contributed by atoms with Crippen LogP contribution in [0.3, 0.4) is 0 Å². The molecule has 1 aliphatic rings. The normalized spacial score (nSPS) is 21.9. The van der Waals surface area contributed by atoms with Gasteiger partial charge in [0.15, 0.2) is 0 Å². The van der Waals surface area contributed by atoms with E-state index in [1.807, 2.05) is 0 Å². The number of hydrogen-bond donors (Lipinski definition) is 1. The number of sulfonamides is 1. The first-order chi connectivity index (χ1) is 6.72. The van der Waals surface area contributed by atoms with Gasteiger partial charge in [0.05, 0.1) is 0 Å². The summed E-state index contributed by atoms with van der Waals surface area (Å²) in [7, 11) is -5.20. The Morgan fingerprint density at radius 2 is 1.73 bits per heavy atom. The third-order valence-corrected chi connectivity index (χ3v) is 4.03. The molecule has 0 saturated carbocycles. The van der Waals surface area contributed by atoms with Gasteiger partial charge in [-0.15, -0.1) is 0 Å². The maximum absolute atomic E-state index is 12.0. The van der Waals surface area contributed by atoms with E-state index in [-0.39, 0.29) is 0 Å². The molecule has 0 bridgehead atoms. The summed E-state index contributed by atoms with van der Waals surface area (Å²) in [6.07, 6.45) is 0.723. The van der Waals surface area contributed by atoms with Crippen molar-refractivity contribution >= 4 is 26.2 Å². The second kappa shape index (κ2) is 4.56. The van der Waals surface area contributed by atoms with Crippen LogP contribution in [0.15, 0.2) is 0 Å². The van der Waals surface area contributed by atoms with Gasteiger partial charge in [-0.1, -0.05) is 0 Å². The van der Waals surface area contributed by atoms with Crippen LogP contribution in [0.1, 0.15) is 12.8 Å². The minimum absolute atomic E-state index is 0.362. The molecule has 0 atom stereocenters. The number of nitrogens with one attached hydrogen (secondary N) is 1. The van der Waals surface area contributed by atoms with Crippen molar-refractivity contribution in [2.24, 2.45) is 0 Å². The lowest BCUT2D eigenvalue weighted by Crippen LogP contribution is -2.46. The van der Waals surface area contributed by atoms with Gasteiger partial charge in [0.25, 0.3) is 0 Å². The topological polar surface area (TPSA) is 49.4 Å². The van der Waals surface area contributed by atoms with Gasteiger partial charge >= 0.3 is 15.5 Å². The van der Waals surface area contributed by atoms with Crippen LogP contribution >= 0.6 is 16.1 Å². The van der Waals surface area contributed by atoms with Gasteiger partial charge in [-0.05, 0) is 12.8 Å². The van der Waals surface area contributed by atoms with E-state index >= 15 is 0 Å². The lowest BCUT2D eigenvalue weighted by atomic mass is 10.1. The highest BCUT2D eigenvalue weighted by molar-refractivity contribution is 9.07. The number of halogens is 4. The van der Waals surface area contributed by atoms with Crippen molar-refractivity contribution in [1.29, 1.82) is 0 Å². The molecular formula is C6H10BrF3N2O2S. The highest BCUT2D eigenvalue weighted by Gasteiger charge is 2.46. The summed E-state index contributed by atoms with van der Waals surface area (Å²) in [5.74, 6) is 0. The minimum atomic E-state index is -5.22. The predicted octanol–water partition coefficient (Wildman–Crippen LogP) is 1.20. The molecule has 9 heteroatoms. The molecule has 4 nitrogen and oxygen atoms in total. The highest BCUT2D eigenvalue weighted by atomic mass is 79.9. The number of piperidine rings is 1. The third-order valence-electron chi connectivity index (χ3n) is 2.07. The Bertz CT molecular complexity index is 311. The molecule has 0 aromatic rings. The van der Waals surface area contributed by atoms with E-state index in [0.29, 0.717) is 25.9 Å². The lowest BCUT2D eigenvalue weighted by Gasteiger charge is -2.27. The molecule has 15 heavy (non-hydrogen) atoms. The van der Waals surface area contributed by atoms with E-state index in [4.69, 9.17) is 0 Å². The van der Waals surface area contributed by atoms with Crippen molar-refractivity contribution in [3.05, 3.63) is 0 Å². The minimum Gasteiger partial charge on any atom is -0.242 e. The fraction of sp³-hybridized carbons (Fsp3) is 1.00. The van der Waals surface area contributed by atoms with Crippen LogP contribution in [-0.4, -0.2) is 37.0 Å². The molecular weight excluding hydrogens is 301 g/mol. The number of alkyl halides is 3. The smallest absolute Gasteiger partial charge is 0.242 e. The Morgan fingerprint density at radius 1 is 1.27 bits per heavy atom. The van der Waals surface area contributed by atoms with Gasteiger partial charge in [-0.3, -0.25) is 0 Å². The predicted molar refractivity (Wildman–Crippen MR) is 51.6 cm³/mol. The number of hydrogen-bond acceptors (Lipinski definition) is 3. The molecule has 0 amide bonds. The van der Waals surface area contributed by atoms with E-state index in [0.717, 1.165) is 0 Å². The molecule has 0 unspecified atom stereocenters. The van der Waals surface area contributed by atoms with Crippen molar-refractivity contribution in [1.82, 2.24) is 8.65 Å². The Morgan fingerprint density at radius 3 is 2.13 bits per heavy atom. The molecule has 0 spiro atoms. The fourth-order valence-corrected chi connectivity index (χ4v) is 2.47. The monoisotopic (exact) mass is 310 g/mol. The van der Waals surface area contributed by atoms with E-state index in [9.17, 15) is 21.6 Å². The molecule has 0 radical (unpaired) electrons. The Balaban J connectivity index is 2.56. The first kappa shape index (κ1) is 13.2. The molecule has 1 heterocycles. The average molecular weight is 311 g/mol. The second-order valence-electron chi connectivity index (χ2n) is 3.25. The summed E-state index contributed by atoms with van der Waals surface area (Å²) in [6, 6.07) is -0.634. The second-order valence-corrected chi connectivity index (χ2v) is 5.96. The van der Waals surface area contributed by atoms with E-state index < -0.39 is 21.6 Å². The van der Waals surface area contributed by atoms with Crippen LogP contribution in [0, 0.1) is 0 Å². The van der Waals surface area contributed by atoms with Crippen LogP contribution in [0.2, 0.25) is 0 Å². The lowest BCUT2D eigenvalue weighted by molar-refractivity contribution is -0.0452. The molecule has 0 aromatic heterocycles. The SMILES string of the molecule is O=S(=O)(NC1CCN(Br)CC1)C(F)(F)F. The van der Waals surface area contributed by atoms with Gasteiger partial charge in [-0.25, -0.2) is 17.1 Å². The molecule has 90 valence electrons. The molecule has 1 aliphatic heterocycles. The van der Waals surface area contributed by atoms with Crippen molar-refractivity contribution < 1.29 is 21.6 Å². The van der Waals surface area contributed by atoms with Crippen LogP contribution in [0.25, 0.3) is 0 Å². The fourth-order valence-electron chi connectivity index (χ4n) is 1.25. The van der Waals surface area contributed by atoms with Crippen LogP contribution in [-0.2, 0) is 10.0 Å². The van der Waals surface area contributed by atoms with E-state index in [1.54, 1.807) is 8.65 Å². The molecule has 1 rings (SSSR count). The van der Waals surface area contributed by atoms with E-state index in [2.05, 4.69) is 16.1 Å². The van der Waals surface area contributed by atoms with Crippen molar-refractivity contribution in [2.75, 3.05) is 13.1 Å². The molecule has 1 N–H and O–H groups in total. The van der Waals surface area contributed by atoms with Gasteiger partial charge in [-0.2, -0.15) is 13.2 Å². The molecule has 1 fully saturated rings. The summed E-state index contributed by atoms with van der Waals surface area (Å²) < 4.78 is 60.9. The molecule has 0 aromatic carbocycles. The van der Waals surface area contributed by atoms with Crippen molar-refractivity contribution in [2.45, 2.75) is 24.4 Å². The number of nitrogens with zero attached hydrogens (tertiary/aromatic N) is 1. The average Bonchev–Trinajstić information content (AvgIpc) is 2.06. The highest BCUT2D eigenvalue weighted by Crippen LogP contribution is 2.23. The summed E-state index contributed by atoms with van der Waals surface area (Å²) in [4.78, 5) is 0. The summed E-state index contributed by atoms with van der Waals surface area (Å²) in [6.45, 7) is 1.04. The maximum Gasteiger partial charge on any atom is 0.511 e. The maximum atomic E-state index is 12.0. The van der Waals surface area contributed by atoms with Gasteiger partial charge in [0.1, 0.15) is 0 Å². The van der Waals surface area contributed by atoms with Crippen LogP contribution in [0.5, 0.6) is 0 Å². The largest absolute Gasteiger partial charge is 0.511 e. The van der Waals surface area contributed by atoms with Crippen molar-refractivity contribution in [3.8, 4) is 0 Å². The molecule has 0 aliphatic carbocycles. The standard InChI is InChI=1S/C6H10BrF3N2O2S/c7-12-3-1-5(2-4-12)11-15(13,14)6(8,9)10/h5,11H,1-4H2. The van der Waals surface area contributed by atoms with Gasteiger partial charge in [0.2, 0.25) is 0 Å². The van der Waals surface area contributed by atoms with Crippen LogP contribution < -0.4 is 4.72 Å². The summed E-state index contributed by atoms with van der Waals surface area (Å²) in [5.41, 5.74) is -5.22. The van der Waals surface area contributed by atoms with Crippen molar-refractivity contribution in [3.63, 3.8) is 0 Å². The third kappa shape index (κ3) is 3.58. The zero-order chi connectivity index (χ0) is 11.7. The van der Waals surface area contributed by atoms with Crippen LogP contribution in [0.4, 0.5) is 13.2 Å². The Hall–Kier alpha value is 0.140. The van der Waals surface area contributed by atoms with Gasteiger partial charge in [0, 0.05) is 35.3 Å².